The van der Waals surface area contributed by atoms with Crippen molar-refractivity contribution in [2.75, 3.05) is 33.3 Å². The van der Waals surface area contributed by atoms with Crippen molar-refractivity contribution in [2.45, 2.75) is 45.2 Å². The van der Waals surface area contributed by atoms with Gasteiger partial charge >= 0.3 is 0 Å². The highest BCUT2D eigenvalue weighted by Crippen LogP contribution is 2.28. The minimum Gasteiger partial charge on any atom is -0.496 e. The predicted octanol–water partition coefficient (Wildman–Crippen LogP) is 3.27. The molecule has 0 saturated carbocycles. The quantitative estimate of drug-likeness (QED) is 0.675. The third-order valence-electron chi connectivity index (χ3n) is 7.43. The van der Waals surface area contributed by atoms with Gasteiger partial charge in [-0.2, -0.15) is 0 Å². The van der Waals surface area contributed by atoms with E-state index < -0.39 is 0 Å². The number of ether oxygens (including phenoxy) is 1. The first-order valence-corrected chi connectivity index (χ1v) is 12.2. The van der Waals surface area contributed by atoms with Crippen molar-refractivity contribution in [3.05, 3.63) is 75.2 Å². The molecule has 2 aromatic rings. The highest BCUT2D eigenvalue weighted by molar-refractivity contribution is 5.98. The second-order valence-corrected chi connectivity index (χ2v) is 9.47. The van der Waals surface area contributed by atoms with Gasteiger partial charge in [0.05, 0.1) is 7.11 Å². The highest BCUT2D eigenvalue weighted by atomic mass is 16.5. The van der Waals surface area contributed by atoms with E-state index in [0.717, 1.165) is 44.6 Å². The lowest BCUT2D eigenvalue weighted by atomic mass is 9.94. The van der Waals surface area contributed by atoms with Crippen LogP contribution in [0.25, 0.3) is 0 Å². The van der Waals surface area contributed by atoms with Gasteiger partial charge in [0, 0.05) is 57.4 Å². The van der Waals surface area contributed by atoms with Crippen LogP contribution in [0, 0.1) is 5.92 Å². The second kappa shape index (κ2) is 9.56. The first-order valence-electron chi connectivity index (χ1n) is 12.2. The smallest absolute Gasteiger partial charge is 0.259 e. The molecule has 0 bridgehead atoms. The zero-order valence-corrected chi connectivity index (χ0v) is 19.5. The number of carbonyl (C=O) groups excluding carboxylic acids is 1. The number of pyridine rings is 1. The van der Waals surface area contributed by atoms with Crippen LogP contribution in [0.15, 0.2) is 47.3 Å². The lowest BCUT2D eigenvalue weighted by Crippen LogP contribution is -2.38. The van der Waals surface area contributed by atoms with Crippen LogP contribution < -0.4 is 10.3 Å². The van der Waals surface area contributed by atoms with Crippen LogP contribution >= 0.6 is 0 Å². The number of amides is 1. The standard InChI is InChI=1S/C27H33N3O3/c1-33-24-17-25(31)30-16-15-28(18-20-7-3-2-4-8-20)13-12-23(30)26(24)27(32)29-14-11-21-9-5-6-10-22(21)19-29/h2-3,5-6,9-10,17,20H,4,7-8,11-16,18-19H2,1H3/t20-/m0/s1. The number of carbonyl (C=O) groups is 1. The van der Waals surface area contributed by atoms with E-state index in [4.69, 9.17) is 4.74 Å². The van der Waals surface area contributed by atoms with Crippen LogP contribution in [0.3, 0.4) is 0 Å². The molecule has 1 amide bonds. The average molecular weight is 448 g/mol. The molecule has 0 unspecified atom stereocenters. The van der Waals surface area contributed by atoms with Gasteiger partial charge < -0.3 is 19.1 Å². The molecule has 3 aliphatic rings. The van der Waals surface area contributed by atoms with E-state index in [0.29, 0.717) is 43.3 Å². The summed E-state index contributed by atoms with van der Waals surface area (Å²) in [5.74, 6) is 1.05. The van der Waals surface area contributed by atoms with Crippen LogP contribution in [-0.2, 0) is 25.9 Å². The van der Waals surface area contributed by atoms with Crippen LogP contribution in [0.4, 0.5) is 0 Å². The van der Waals surface area contributed by atoms with Crippen molar-refractivity contribution in [1.29, 1.82) is 0 Å². The number of methoxy groups -OCH3 is 1. The summed E-state index contributed by atoms with van der Waals surface area (Å²) in [6.45, 7) is 4.64. The molecule has 1 aromatic carbocycles. The van der Waals surface area contributed by atoms with Crippen LogP contribution in [-0.4, -0.2) is 53.6 Å². The lowest BCUT2D eigenvalue weighted by molar-refractivity contribution is 0.0728. The zero-order chi connectivity index (χ0) is 22.8. The Hall–Kier alpha value is -2.86. The normalized spacial score (nSPS) is 20.6. The maximum atomic E-state index is 13.8. The molecule has 0 saturated heterocycles. The number of rotatable bonds is 4. The Morgan fingerprint density at radius 2 is 1.91 bits per heavy atom. The molecule has 0 spiro atoms. The molecular formula is C27H33N3O3. The monoisotopic (exact) mass is 447 g/mol. The number of hydrogen-bond donors (Lipinski definition) is 0. The summed E-state index contributed by atoms with van der Waals surface area (Å²) < 4.78 is 7.39. The molecule has 6 heteroatoms. The van der Waals surface area contributed by atoms with Gasteiger partial charge in [0.2, 0.25) is 0 Å². The maximum Gasteiger partial charge on any atom is 0.259 e. The van der Waals surface area contributed by atoms with Gasteiger partial charge in [-0.25, -0.2) is 0 Å². The van der Waals surface area contributed by atoms with Gasteiger partial charge in [-0.05, 0) is 42.7 Å². The molecule has 1 aliphatic carbocycles. The van der Waals surface area contributed by atoms with Crippen LogP contribution in [0.1, 0.15) is 46.4 Å². The maximum absolute atomic E-state index is 13.8. The van der Waals surface area contributed by atoms with Crippen molar-refractivity contribution in [2.24, 2.45) is 5.92 Å². The average Bonchev–Trinajstić information content (AvgIpc) is 3.07. The fraction of sp³-hybridized carbons (Fsp3) is 0.481. The zero-order valence-electron chi connectivity index (χ0n) is 19.5. The van der Waals surface area contributed by atoms with Gasteiger partial charge in [0.1, 0.15) is 11.3 Å². The number of hydrogen-bond acceptors (Lipinski definition) is 4. The highest BCUT2D eigenvalue weighted by Gasteiger charge is 2.30. The molecule has 33 heavy (non-hydrogen) atoms. The fourth-order valence-corrected chi connectivity index (χ4v) is 5.58. The minimum atomic E-state index is -0.0789. The SMILES string of the molecule is COc1cc(=O)n2c(c1C(=O)N1CCc3ccccc3C1)CCN(C[C@H]1CC=CCC1)CC2. The number of benzene rings is 1. The Labute approximate surface area is 195 Å². The topological polar surface area (TPSA) is 54.8 Å². The summed E-state index contributed by atoms with van der Waals surface area (Å²) in [4.78, 5) is 31.1. The van der Waals surface area contributed by atoms with Crippen molar-refractivity contribution in [3.63, 3.8) is 0 Å². The third kappa shape index (κ3) is 4.49. The Balaban J connectivity index is 1.42. The molecular weight excluding hydrogens is 414 g/mol. The summed E-state index contributed by atoms with van der Waals surface area (Å²) in [5.41, 5.74) is 3.82. The number of fused-ring (bicyclic) bond motifs is 2. The van der Waals surface area contributed by atoms with E-state index in [-0.39, 0.29) is 11.5 Å². The molecule has 0 N–H and O–H groups in total. The van der Waals surface area contributed by atoms with Crippen molar-refractivity contribution in [1.82, 2.24) is 14.4 Å². The molecule has 2 aliphatic heterocycles. The van der Waals surface area contributed by atoms with Gasteiger partial charge in [0.15, 0.2) is 0 Å². The molecule has 5 rings (SSSR count). The molecule has 0 radical (unpaired) electrons. The summed E-state index contributed by atoms with van der Waals surface area (Å²) in [5, 5.41) is 0. The minimum absolute atomic E-state index is 0.0315. The van der Waals surface area contributed by atoms with Gasteiger partial charge in [-0.15, -0.1) is 0 Å². The first-order chi connectivity index (χ1) is 16.1. The van der Waals surface area contributed by atoms with Crippen molar-refractivity contribution < 1.29 is 9.53 Å². The largest absolute Gasteiger partial charge is 0.496 e. The Morgan fingerprint density at radius 1 is 1.06 bits per heavy atom. The Kier molecular flexibility index (Phi) is 6.36. The summed E-state index contributed by atoms with van der Waals surface area (Å²) >= 11 is 0. The van der Waals surface area contributed by atoms with Crippen molar-refractivity contribution >= 4 is 5.91 Å². The second-order valence-electron chi connectivity index (χ2n) is 9.47. The summed E-state index contributed by atoms with van der Waals surface area (Å²) in [7, 11) is 1.55. The van der Waals surface area contributed by atoms with E-state index in [1.165, 1.54) is 23.6 Å². The van der Waals surface area contributed by atoms with E-state index in [9.17, 15) is 9.59 Å². The number of allylic oxidation sites excluding steroid dienone is 2. The summed E-state index contributed by atoms with van der Waals surface area (Å²) in [6.07, 6.45) is 9.63. The van der Waals surface area contributed by atoms with E-state index in [2.05, 4.69) is 35.3 Å². The Bertz CT molecular complexity index is 1120. The molecule has 1 aromatic heterocycles. The molecule has 6 nitrogen and oxygen atoms in total. The van der Waals surface area contributed by atoms with Crippen LogP contribution in [0.5, 0.6) is 5.75 Å². The van der Waals surface area contributed by atoms with Crippen molar-refractivity contribution in [3.8, 4) is 5.75 Å². The van der Waals surface area contributed by atoms with E-state index >= 15 is 0 Å². The predicted molar refractivity (Wildman–Crippen MR) is 129 cm³/mol. The molecule has 1 atom stereocenters. The van der Waals surface area contributed by atoms with Gasteiger partial charge in [0.25, 0.3) is 11.5 Å². The number of nitrogens with zero attached hydrogens (tertiary/aromatic N) is 3. The third-order valence-corrected chi connectivity index (χ3v) is 7.43. The van der Waals surface area contributed by atoms with Gasteiger partial charge in [-0.1, -0.05) is 36.4 Å². The van der Waals surface area contributed by atoms with E-state index in [1.54, 1.807) is 7.11 Å². The summed E-state index contributed by atoms with van der Waals surface area (Å²) in [6, 6.07) is 9.81. The van der Waals surface area contributed by atoms with Gasteiger partial charge in [-0.3, -0.25) is 9.59 Å². The molecule has 174 valence electrons. The fourth-order valence-electron chi connectivity index (χ4n) is 5.58. The van der Waals surface area contributed by atoms with Crippen LogP contribution in [0.2, 0.25) is 0 Å². The lowest BCUT2D eigenvalue weighted by Gasteiger charge is -2.30. The van der Waals surface area contributed by atoms with E-state index in [1.807, 2.05) is 15.5 Å². The molecule has 3 heterocycles. The number of aromatic nitrogens is 1. The molecule has 0 fully saturated rings. The Morgan fingerprint density at radius 3 is 2.70 bits per heavy atom. The first kappa shape index (κ1) is 22.0.